The number of aromatic nitrogens is 1. The Bertz CT molecular complexity index is 1850. The van der Waals surface area contributed by atoms with Gasteiger partial charge < -0.3 is 10.1 Å². The van der Waals surface area contributed by atoms with Crippen LogP contribution in [0.4, 0.5) is 4.39 Å². The first-order valence-corrected chi connectivity index (χ1v) is 15.4. The minimum Gasteiger partial charge on any atom is -0.512 e. The molecule has 0 aliphatic rings. The second-order valence-electron chi connectivity index (χ2n) is 14.3. The summed E-state index contributed by atoms with van der Waals surface area (Å²) < 4.78 is 13.7. The van der Waals surface area contributed by atoms with E-state index in [0.29, 0.717) is 11.8 Å². The predicted molar refractivity (Wildman–Crippen MR) is 184 cm³/mol. The van der Waals surface area contributed by atoms with Crippen molar-refractivity contribution < 1.29 is 34.4 Å². The molecule has 0 fully saturated rings. The number of benzene rings is 4. The van der Waals surface area contributed by atoms with Crippen molar-refractivity contribution >= 4 is 38.1 Å². The number of aliphatic hydroxyl groups excluding tert-OH is 1. The second-order valence-corrected chi connectivity index (χ2v) is 14.3. The van der Waals surface area contributed by atoms with Gasteiger partial charge in [-0.25, -0.2) is 4.39 Å². The van der Waals surface area contributed by atoms with E-state index < -0.39 is 5.41 Å². The smallest absolute Gasteiger partial charge is 0.164 e. The molecule has 5 heteroatoms. The van der Waals surface area contributed by atoms with Crippen LogP contribution in [0, 0.1) is 22.7 Å². The average Bonchev–Trinajstić information content (AvgIpc) is 2.95. The Balaban J connectivity index is 0.000000338. The Kier molecular flexibility index (Phi) is 11.2. The van der Waals surface area contributed by atoms with Crippen LogP contribution in [-0.4, -0.2) is 15.9 Å². The third-order valence-corrected chi connectivity index (χ3v) is 7.95. The number of pyridine rings is 1. The quantitative estimate of drug-likeness (QED) is 0.0855. The van der Waals surface area contributed by atoms with Crippen LogP contribution in [0.1, 0.15) is 92.2 Å². The molecular weight excluding hydrogens is 738 g/mol. The summed E-state index contributed by atoms with van der Waals surface area (Å²) in [5, 5.41) is 16.1. The fourth-order valence-electron chi connectivity index (χ4n) is 4.94. The van der Waals surface area contributed by atoms with Gasteiger partial charge in [0.05, 0.1) is 0 Å². The summed E-state index contributed by atoms with van der Waals surface area (Å²) in [6, 6.07) is 23.6. The van der Waals surface area contributed by atoms with Crippen LogP contribution in [0.2, 0.25) is 0 Å². The van der Waals surface area contributed by atoms with Crippen LogP contribution in [0.5, 0.6) is 0 Å². The molecule has 0 saturated heterocycles. The maximum Gasteiger partial charge on any atom is 0.164 e. The van der Waals surface area contributed by atoms with Gasteiger partial charge in [-0.15, -0.1) is 34.9 Å². The Labute approximate surface area is 281 Å². The maximum atomic E-state index is 13.7. The normalized spacial score (nSPS) is 12.4. The molecule has 239 valence electrons. The SMILES string of the molecule is CC(C)(C)C(=O)/C=C(\O)C(C)(C)C.CC(C)c1[c-]c(-c2nccc3c2ccc2c4ccc(F)cc4ccc32)cc(C(C)C)c1.[Ir]. The second kappa shape index (κ2) is 13.9. The molecule has 0 amide bonds. The van der Waals surface area contributed by atoms with Crippen molar-refractivity contribution in [3.63, 3.8) is 0 Å². The largest absolute Gasteiger partial charge is 0.512 e. The molecule has 1 aromatic heterocycles. The molecule has 0 aliphatic carbocycles. The Hall–Kier alpha value is -3.40. The number of carbonyl (C=O) groups excluding carboxylic acids is 1. The van der Waals surface area contributed by atoms with E-state index in [9.17, 15) is 14.3 Å². The fraction of sp³-hybridized carbons (Fsp3) is 0.350. The van der Waals surface area contributed by atoms with Crippen molar-refractivity contribution in [3.05, 3.63) is 102 Å². The number of rotatable bonds is 4. The molecule has 4 aromatic carbocycles. The third-order valence-electron chi connectivity index (χ3n) is 7.95. The summed E-state index contributed by atoms with van der Waals surface area (Å²) in [6.45, 7) is 20.0. The zero-order valence-electron chi connectivity index (χ0n) is 28.1. The summed E-state index contributed by atoms with van der Waals surface area (Å²) in [5.41, 5.74) is 3.77. The molecule has 1 N–H and O–H groups in total. The zero-order chi connectivity index (χ0) is 32.6. The zero-order valence-corrected chi connectivity index (χ0v) is 30.5. The summed E-state index contributed by atoms with van der Waals surface area (Å²) in [6.07, 6.45) is 3.22. The molecule has 0 atom stereocenters. The van der Waals surface area contributed by atoms with E-state index in [2.05, 4.69) is 70.2 Å². The van der Waals surface area contributed by atoms with Gasteiger partial charge in [0.25, 0.3) is 0 Å². The summed E-state index contributed by atoms with van der Waals surface area (Å²) >= 11 is 0. The first-order valence-electron chi connectivity index (χ1n) is 15.4. The van der Waals surface area contributed by atoms with Crippen LogP contribution in [0.15, 0.2) is 78.7 Å². The van der Waals surface area contributed by atoms with E-state index in [0.717, 1.165) is 43.6 Å². The third kappa shape index (κ3) is 8.26. The predicted octanol–water partition coefficient (Wildman–Crippen LogP) is 11.5. The van der Waals surface area contributed by atoms with Gasteiger partial charge in [-0.3, -0.25) is 4.79 Å². The Morgan fingerprint density at radius 3 is 1.96 bits per heavy atom. The van der Waals surface area contributed by atoms with Crippen LogP contribution >= 0.6 is 0 Å². The van der Waals surface area contributed by atoms with E-state index in [1.165, 1.54) is 23.3 Å². The summed E-state index contributed by atoms with van der Waals surface area (Å²) in [5.74, 6) is 0.737. The molecule has 3 nitrogen and oxygen atoms in total. The summed E-state index contributed by atoms with van der Waals surface area (Å²) in [4.78, 5) is 16.3. The first kappa shape index (κ1) is 36.1. The molecular formula is C40H45FIrNO2-. The number of allylic oxidation sites excluding steroid dienone is 2. The van der Waals surface area contributed by atoms with Crippen LogP contribution in [-0.2, 0) is 24.9 Å². The van der Waals surface area contributed by atoms with Gasteiger partial charge in [0.1, 0.15) is 11.6 Å². The monoisotopic (exact) mass is 783 g/mol. The summed E-state index contributed by atoms with van der Waals surface area (Å²) in [7, 11) is 0. The molecule has 0 unspecified atom stereocenters. The number of hydrogen-bond donors (Lipinski definition) is 1. The number of carbonyl (C=O) groups is 1. The van der Waals surface area contributed by atoms with E-state index in [4.69, 9.17) is 4.98 Å². The van der Waals surface area contributed by atoms with E-state index >= 15 is 0 Å². The van der Waals surface area contributed by atoms with Crippen LogP contribution in [0.25, 0.3) is 43.6 Å². The van der Waals surface area contributed by atoms with Gasteiger partial charge in [-0.05, 0) is 68.0 Å². The number of aliphatic hydroxyl groups is 1. The van der Waals surface area contributed by atoms with Crippen molar-refractivity contribution in [2.24, 2.45) is 10.8 Å². The van der Waals surface area contributed by atoms with Crippen molar-refractivity contribution in [1.82, 2.24) is 4.98 Å². The number of fused-ring (bicyclic) bond motifs is 5. The van der Waals surface area contributed by atoms with Crippen molar-refractivity contribution in [1.29, 1.82) is 0 Å². The molecule has 5 rings (SSSR count). The van der Waals surface area contributed by atoms with Crippen molar-refractivity contribution in [2.45, 2.75) is 81.1 Å². The molecule has 0 bridgehead atoms. The van der Waals surface area contributed by atoms with Gasteiger partial charge in [-0.1, -0.05) is 99.6 Å². The minimum absolute atomic E-state index is 0. The minimum atomic E-state index is -0.417. The van der Waals surface area contributed by atoms with Gasteiger partial charge in [0, 0.05) is 43.2 Å². The Morgan fingerprint density at radius 1 is 0.778 bits per heavy atom. The van der Waals surface area contributed by atoms with Gasteiger partial charge >= 0.3 is 0 Å². The number of halogens is 1. The van der Waals surface area contributed by atoms with Crippen LogP contribution in [0.3, 0.4) is 0 Å². The fourth-order valence-corrected chi connectivity index (χ4v) is 4.94. The number of ketones is 1. The molecule has 5 aromatic rings. The van der Waals surface area contributed by atoms with E-state index in [1.54, 1.807) is 6.07 Å². The topological polar surface area (TPSA) is 50.2 Å². The molecule has 0 saturated carbocycles. The average molecular weight is 783 g/mol. The van der Waals surface area contributed by atoms with Crippen molar-refractivity contribution in [3.8, 4) is 11.3 Å². The standard InChI is InChI=1S/C29H25FN.C11H20O2.Ir/c1-17(2)20-13-21(18(3)4)15-22(14-20)29-28-10-9-25-24-8-6-23(30)16-19(24)5-7-26(25)27(28)11-12-31-29;1-10(2,3)8(12)7-9(13)11(4,5)6;/h5-14,16-18H,1-4H3;7,12H,1-6H3;/q-1;;/b;8-7-;. The Morgan fingerprint density at radius 2 is 1.36 bits per heavy atom. The first-order chi connectivity index (χ1) is 20.5. The van der Waals surface area contributed by atoms with Crippen molar-refractivity contribution in [2.75, 3.05) is 0 Å². The molecule has 1 heterocycles. The van der Waals surface area contributed by atoms with Crippen LogP contribution < -0.4 is 0 Å². The number of nitrogens with zero attached hydrogens (tertiary/aromatic N) is 1. The van der Waals surface area contributed by atoms with Gasteiger partial charge in [0.15, 0.2) is 5.78 Å². The van der Waals surface area contributed by atoms with E-state index in [-0.39, 0.29) is 42.9 Å². The number of hydrogen-bond acceptors (Lipinski definition) is 3. The molecule has 0 spiro atoms. The van der Waals surface area contributed by atoms with Gasteiger partial charge in [0.2, 0.25) is 0 Å². The van der Waals surface area contributed by atoms with E-state index in [1.807, 2.05) is 59.9 Å². The van der Waals surface area contributed by atoms with Gasteiger partial charge in [-0.2, -0.15) is 0 Å². The molecule has 45 heavy (non-hydrogen) atoms. The molecule has 0 aliphatic heterocycles. The molecule has 1 radical (unpaired) electrons. The maximum absolute atomic E-state index is 13.7.